The number of carbonyl (C=O) groups excluding carboxylic acids is 1. The Balaban J connectivity index is 2.62. The number of amides is 1. The normalized spacial score (nSPS) is 10.4. The van der Waals surface area contributed by atoms with Gasteiger partial charge in [0.15, 0.2) is 0 Å². The van der Waals surface area contributed by atoms with Gasteiger partial charge >= 0.3 is 5.97 Å². The van der Waals surface area contributed by atoms with Gasteiger partial charge in [0, 0.05) is 20.0 Å². The Bertz CT molecular complexity index is 443. The highest BCUT2D eigenvalue weighted by Crippen LogP contribution is 2.20. The van der Waals surface area contributed by atoms with E-state index in [1.54, 1.807) is 11.9 Å². The molecule has 0 unspecified atom stereocenters. The molecule has 1 heterocycles. The van der Waals surface area contributed by atoms with Gasteiger partial charge in [-0.05, 0) is 19.8 Å². The summed E-state index contributed by atoms with van der Waals surface area (Å²) in [6.45, 7) is 4.28. The third-order valence-electron chi connectivity index (χ3n) is 2.57. The lowest BCUT2D eigenvalue weighted by Gasteiger charge is -2.15. The Morgan fingerprint density at radius 1 is 1.44 bits per heavy atom. The smallest absolute Gasteiger partial charge is 0.303 e. The van der Waals surface area contributed by atoms with Crippen molar-refractivity contribution in [3.63, 3.8) is 0 Å². The number of carboxylic acid groups (broad SMARTS) is 1. The Morgan fingerprint density at radius 3 is 2.61 bits per heavy atom. The van der Waals surface area contributed by atoms with Crippen LogP contribution in [-0.4, -0.2) is 40.5 Å². The Hall–Kier alpha value is -1.43. The van der Waals surface area contributed by atoms with Gasteiger partial charge in [-0.3, -0.25) is 9.59 Å². The van der Waals surface area contributed by atoms with Crippen LogP contribution in [0.1, 0.15) is 40.1 Å². The predicted molar refractivity (Wildman–Crippen MR) is 70.1 cm³/mol. The Labute approximate surface area is 110 Å². The number of rotatable bonds is 6. The molecule has 100 valence electrons. The largest absolute Gasteiger partial charge is 0.481 e. The number of hydrogen-bond donors (Lipinski definition) is 1. The van der Waals surface area contributed by atoms with Crippen LogP contribution < -0.4 is 0 Å². The first kappa shape index (κ1) is 14.6. The second-order valence-electron chi connectivity index (χ2n) is 4.10. The van der Waals surface area contributed by atoms with E-state index in [0.29, 0.717) is 17.8 Å². The van der Waals surface area contributed by atoms with Crippen LogP contribution in [0.15, 0.2) is 0 Å². The molecule has 0 spiro atoms. The number of nitrogens with zero attached hydrogens (tertiary/aromatic N) is 2. The zero-order valence-electron chi connectivity index (χ0n) is 10.9. The van der Waals surface area contributed by atoms with E-state index in [4.69, 9.17) is 5.11 Å². The molecule has 0 saturated heterocycles. The average molecular weight is 270 g/mol. The SMILES string of the molecule is CCc1nc(C)c(C(=O)N(C)CCCC(=O)O)s1. The lowest BCUT2D eigenvalue weighted by molar-refractivity contribution is -0.137. The molecule has 0 saturated carbocycles. The second-order valence-corrected chi connectivity index (χ2v) is 5.18. The first-order valence-corrected chi connectivity index (χ1v) is 6.71. The zero-order valence-corrected chi connectivity index (χ0v) is 11.7. The molecule has 0 radical (unpaired) electrons. The van der Waals surface area contributed by atoms with Gasteiger partial charge in [0.25, 0.3) is 5.91 Å². The molecule has 1 N–H and O–H groups in total. The molecule has 0 bridgehead atoms. The molecular weight excluding hydrogens is 252 g/mol. The quantitative estimate of drug-likeness (QED) is 0.857. The van der Waals surface area contributed by atoms with E-state index in [9.17, 15) is 9.59 Å². The van der Waals surface area contributed by atoms with Crippen LogP contribution in [0.5, 0.6) is 0 Å². The fraction of sp³-hybridized carbons (Fsp3) is 0.583. The van der Waals surface area contributed by atoms with E-state index < -0.39 is 5.97 Å². The van der Waals surface area contributed by atoms with Gasteiger partial charge in [0.05, 0.1) is 10.7 Å². The molecule has 18 heavy (non-hydrogen) atoms. The molecule has 0 atom stereocenters. The third-order valence-corrected chi connectivity index (χ3v) is 3.86. The minimum absolute atomic E-state index is 0.0740. The standard InChI is InChI=1S/C12H18N2O3S/c1-4-9-13-8(2)11(18-9)12(17)14(3)7-5-6-10(15)16/h4-7H2,1-3H3,(H,15,16). The number of thiazole rings is 1. The van der Waals surface area contributed by atoms with Gasteiger partial charge in [0.1, 0.15) is 4.88 Å². The van der Waals surface area contributed by atoms with E-state index in [1.165, 1.54) is 11.3 Å². The van der Waals surface area contributed by atoms with Crippen molar-refractivity contribution in [2.24, 2.45) is 0 Å². The summed E-state index contributed by atoms with van der Waals surface area (Å²) in [6, 6.07) is 0. The van der Waals surface area contributed by atoms with E-state index in [1.807, 2.05) is 13.8 Å². The van der Waals surface area contributed by atoms with Crippen LogP contribution in [-0.2, 0) is 11.2 Å². The highest BCUT2D eigenvalue weighted by Gasteiger charge is 2.18. The fourth-order valence-electron chi connectivity index (χ4n) is 1.54. The minimum atomic E-state index is -0.835. The minimum Gasteiger partial charge on any atom is -0.481 e. The maximum absolute atomic E-state index is 12.1. The Morgan fingerprint density at radius 2 is 2.11 bits per heavy atom. The van der Waals surface area contributed by atoms with Gasteiger partial charge in [0.2, 0.25) is 0 Å². The number of hydrogen-bond acceptors (Lipinski definition) is 4. The van der Waals surface area contributed by atoms with Crippen molar-refractivity contribution >= 4 is 23.2 Å². The highest BCUT2D eigenvalue weighted by molar-refractivity contribution is 7.13. The number of carboxylic acids is 1. The van der Waals surface area contributed by atoms with Crippen molar-refractivity contribution in [1.29, 1.82) is 0 Å². The molecule has 0 aliphatic rings. The van der Waals surface area contributed by atoms with Crippen LogP contribution in [0.3, 0.4) is 0 Å². The molecule has 1 amide bonds. The molecule has 0 fully saturated rings. The van der Waals surface area contributed by atoms with Crippen molar-refractivity contribution < 1.29 is 14.7 Å². The van der Waals surface area contributed by atoms with Crippen molar-refractivity contribution in [2.75, 3.05) is 13.6 Å². The summed E-state index contributed by atoms with van der Waals surface area (Å²) < 4.78 is 0. The van der Waals surface area contributed by atoms with Crippen LogP contribution in [0.25, 0.3) is 0 Å². The second kappa shape index (κ2) is 6.49. The van der Waals surface area contributed by atoms with E-state index in [2.05, 4.69) is 4.98 Å². The molecular formula is C12H18N2O3S. The summed E-state index contributed by atoms with van der Waals surface area (Å²) >= 11 is 1.42. The molecule has 0 aliphatic carbocycles. The summed E-state index contributed by atoms with van der Waals surface area (Å²) in [6.07, 6.45) is 1.37. The van der Waals surface area contributed by atoms with Crippen LogP contribution >= 0.6 is 11.3 Å². The molecule has 1 aromatic heterocycles. The average Bonchev–Trinajstić information content (AvgIpc) is 2.69. The molecule has 6 heteroatoms. The van der Waals surface area contributed by atoms with Crippen molar-refractivity contribution in [2.45, 2.75) is 33.1 Å². The molecule has 1 rings (SSSR count). The van der Waals surface area contributed by atoms with E-state index >= 15 is 0 Å². The number of aromatic nitrogens is 1. The lowest BCUT2D eigenvalue weighted by Crippen LogP contribution is -2.27. The fourth-order valence-corrected chi connectivity index (χ4v) is 2.54. The van der Waals surface area contributed by atoms with Gasteiger partial charge < -0.3 is 10.0 Å². The third kappa shape index (κ3) is 3.80. The molecule has 0 aliphatic heterocycles. The first-order valence-electron chi connectivity index (χ1n) is 5.89. The van der Waals surface area contributed by atoms with Gasteiger partial charge in [-0.1, -0.05) is 6.92 Å². The Kier molecular flexibility index (Phi) is 5.27. The van der Waals surface area contributed by atoms with E-state index in [-0.39, 0.29) is 12.3 Å². The molecule has 1 aromatic rings. The maximum atomic E-state index is 12.1. The first-order chi connectivity index (χ1) is 8.45. The zero-order chi connectivity index (χ0) is 13.7. The van der Waals surface area contributed by atoms with Crippen LogP contribution in [0, 0.1) is 6.92 Å². The summed E-state index contributed by atoms with van der Waals surface area (Å²) in [7, 11) is 1.69. The van der Waals surface area contributed by atoms with Gasteiger partial charge in [-0.2, -0.15) is 0 Å². The molecule has 5 nitrogen and oxygen atoms in total. The monoisotopic (exact) mass is 270 g/mol. The van der Waals surface area contributed by atoms with Gasteiger partial charge in [-0.15, -0.1) is 11.3 Å². The van der Waals surface area contributed by atoms with E-state index in [0.717, 1.165) is 17.1 Å². The number of aryl methyl sites for hydroxylation is 2. The molecule has 0 aromatic carbocycles. The van der Waals surface area contributed by atoms with Crippen molar-refractivity contribution in [3.05, 3.63) is 15.6 Å². The maximum Gasteiger partial charge on any atom is 0.303 e. The highest BCUT2D eigenvalue weighted by atomic mass is 32.1. The summed E-state index contributed by atoms with van der Waals surface area (Å²) in [5, 5.41) is 9.50. The summed E-state index contributed by atoms with van der Waals surface area (Å²) in [5.41, 5.74) is 0.756. The summed E-state index contributed by atoms with van der Waals surface area (Å²) in [5.74, 6) is -0.909. The predicted octanol–water partition coefficient (Wildman–Crippen LogP) is 1.95. The van der Waals surface area contributed by atoms with Crippen molar-refractivity contribution in [1.82, 2.24) is 9.88 Å². The number of carbonyl (C=O) groups is 2. The lowest BCUT2D eigenvalue weighted by atomic mass is 10.3. The van der Waals surface area contributed by atoms with Crippen molar-refractivity contribution in [3.8, 4) is 0 Å². The van der Waals surface area contributed by atoms with Gasteiger partial charge in [-0.25, -0.2) is 4.98 Å². The van der Waals surface area contributed by atoms with Crippen LogP contribution in [0.2, 0.25) is 0 Å². The topological polar surface area (TPSA) is 70.5 Å². The summed E-state index contributed by atoms with van der Waals surface area (Å²) in [4.78, 5) is 29.1. The number of aliphatic carboxylic acids is 1. The van der Waals surface area contributed by atoms with Crippen LogP contribution in [0.4, 0.5) is 0 Å².